The standard InChI is InChI=1S/C16H11IN2O2/c17-12-6-2-4-8-14(12)21-16-11(15(18)20)9-10-5-1-3-7-13(10)19-16/h1-9H,(H2,18,20). The van der Waals surface area contributed by atoms with Crippen LogP contribution in [0.2, 0.25) is 0 Å². The van der Waals surface area contributed by atoms with Crippen molar-refractivity contribution in [3.05, 3.63) is 63.7 Å². The number of pyridine rings is 1. The van der Waals surface area contributed by atoms with Crippen LogP contribution in [-0.4, -0.2) is 10.9 Å². The van der Waals surface area contributed by atoms with Gasteiger partial charge >= 0.3 is 0 Å². The van der Waals surface area contributed by atoms with Crippen molar-refractivity contribution >= 4 is 39.4 Å². The zero-order valence-electron chi connectivity index (χ0n) is 10.9. The maximum atomic E-state index is 11.6. The topological polar surface area (TPSA) is 65.2 Å². The number of carbonyl (C=O) groups is 1. The van der Waals surface area contributed by atoms with Crippen LogP contribution in [0, 0.1) is 3.57 Å². The van der Waals surface area contributed by atoms with Gasteiger partial charge in [0, 0.05) is 5.39 Å². The molecule has 0 spiro atoms. The maximum Gasteiger partial charge on any atom is 0.254 e. The Morgan fingerprint density at radius 2 is 1.81 bits per heavy atom. The second-order valence-electron chi connectivity index (χ2n) is 4.43. The third-order valence-corrected chi connectivity index (χ3v) is 3.89. The van der Waals surface area contributed by atoms with Gasteiger partial charge in [-0.05, 0) is 46.9 Å². The molecule has 0 fully saturated rings. The Bertz CT molecular complexity index is 833. The summed E-state index contributed by atoms with van der Waals surface area (Å²) in [6.45, 7) is 0. The number of para-hydroxylation sites is 2. The second-order valence-corrected chi connectivity index (χ2v) is 5.59. The van der Waals surface area contributed by atoms with E-state index in [4.69, 9.17) is 10.5 Å². The number of halogens is 1. The summed E-state index contributed by atoms with van der Waals surface area (Å²) < 4.78 is 6.72. The number of primary amides is 1. The molecule has 1 aromatic heterocycles. The summed E-state index contributed by atoms with van der Waals surface area (Å²) in [5.74, 6) is 0.308. The minimum atomic E-state index is -0.561. The number of hydrogen-bond acceptors (Lipinski definition) is 3. The first-order chi connectivity index (χ1) is 10.1. The molecule has 2 aromatic carbocycles. The van der Waals surface area contributed by atoms with Crippen molar-refractivity contribution in [3.63, 3.8) is 0 Å². The summed E-state index contributed by atoms with van der Waals surface area (Å²) in [4.78, 5) is 16.0. The molecule has 0 radical (unpaired) electrons. The molecule has 0 saturated heterocycles. The molecule has 0 unspecified atom stereocenters. The van der Waals surface area contributed by atoms with Gasteiger partial charge in [-0.15, -0.1) is 0 Å². The van der Waals surface area contributed by atoms with Crippen molar-refractivity contribution in [3.8, 4) is 11.6 Å². The lowest BCUT2D eigenvalue weighted by Gasteiger charge is -2.10. The van der Waals surface area contributed by atoms with Gasteiger partial charge in [0.1, 0.15) is 11.3 Å². The van der Waals surface area contributed by atoms with Crippen LogP contribution >= 0.6 is 22.6 Å². The molecule has 0 aliphatic heterocycles. The van der Waals surface area contributed by atoms with E-state index in [1.807, 2.05) is 48.5 Å². The largest absolute Gasteiger partial charge is 0.437 e. The molecular formula is C16H11IN2O2. The fourth-order valence-electron chi connectivity index (χ4n) is 1.98. The Balaban J connectivity index is 2.14. The zero-order chi connectivity index (χ0) is 14.8. The highest BCUT2D eigenvalue weighted by Gasteiger charge is 2.14. The summed E-state index contributed by atoms with van der Waals surface area (Å²) in [5.41, 5.74) is 6.46. The number of benzene rings is 2. The molecule has 1 heterocycles. The Kier molecular flexibility index (Phi) is 3.74. The van der Waals surface area contributed by atoms with Gasteiger partial charge in [-0.25, -0.2) is 4.98 Å². The van der Waals surface area contributed by atoms with Crippen LogP contribution in [-0.2, 0) is 0 Å². The van der Waals surface area contributed by atoms with E-state index in [0.29, 0.717) is 5.75 Å². The van der Waals surface area contributed by atoms with E-state index in [-0.39, 0.29) is 11.4 Å². The highest BCUT2D eigenvalue weighted by atomic mass is 127. The van der Waals surface area contributed by atoms with Crippen molar-refractivity contribution in [1.29, 1.82) is 0 Å². The monoisotopic (exact) mass is 390 g/mol. The van der Waals surface area contributed by atoms with E-state index < -0.39 is 5.91 Å². The van der Waals surface area contributed by atoms with Crippen molar-refractivity contribution in [2.75, 3.05) is 0 Å². The Hall–Kier alpha value is -2.15. The molecule has 0 atom stereocenters. The van der Waals surface area contributed by atoms with Crippen LogP contribution in [0.4, 0.5) is 0 Å². The van der Waals surface area contributed by atoms with Crippen LogP contribution in [0.5, 0.6) is 11.6 Å². The SMILES string of the molecule is NC(=O)c1cc2ccccc2nc1Oc1ccccc1I. The average molecular weight is 390 g/mol. The molecule has 2 N–H and O–H groups in total. The number of hydrogen-bond donors (Lipinski definition) is 1. The van der Waals surface area contributed by atoms with Gasteiger partial charge in [-0.1, -0.05) is 30.3 Å². The number of nitrogens with two attached hydrogens (primary N) is 1. The van der Waals surface area contributed by atoms with E-state index in [1.165, 1.54) is 0 Å². The molecule has 0 saturated carbocycles. The molecule has 4 nitrogen and oxygen atoms in total. The first kappa shape index (κ1) is 13.8. The summed E-state index contributed by atoms with van der Waals surface area (Å²) in [5, 5.41) is 0.849. The Morgan fingerprint density at radius 3 is 2.57 bits per heavy atom. The summed E-state index contributed by atoms with van der Waals surface area (Å²) in [7, 11) is 0. The lowest BCUT2D eigenvalue weighted by Crippen LogP contribution is -2.13. The highest BCUT2D eigenvalue weighted by molar-refractivity contribution is 14.1. The van der Waals surface area contributed by atoms with Gasteiger partial charge in [0.2, 0.25) is 5.88 Å². The fourth-order valence-corrected chi connectivity index (χ4v) is 2.48. The van der Waals surface area contributed by atoms with Crippen molar-refractivity contribution in [2.24, 2.45) is 5.73 Å². The van der Waals surface area contributed by atoms with Gasteiger partial charge < -0.3 is 10.5 Å². The molecule has 0 aliphatic carbocycles. The van der Waals surface area contributed by atoms with Gasteiger partial charge in [0.15, 0.2) is 0 Å². The highest BCUT2D eigenvalue weighted by Crippen LogP contribution is 2.29. The van der Waals surface area contributed by atoms with E-state index in [9.17, 15) is 4.79 Å². The number of amides is 1. The summed E-state index contributed by atoms with van der Waals surface area (Å²) in [6, 6.07) is 16.7. The number of rotatable bonds is 3. The molecule has 1 amide bonds. The van der Waals surface area contributed by atoms with Gasteiger partial charge in [0.25, 0.3) is 5.91 Å². The van der Waals surface area contributed by atoms with Gasteiger partial charge in [-0.3, -0.25) is 4.79 Å². The quantitative estimate of drug-likeness (QED) is 0.694. The van der Waals surface area contributed by atoms with E-state index in [0.717, 1.165) is 14.5 Å². The fraction of sp³-hybridized carbons (Fsp3) is 0. The third kappa shape index (κ3) is 2.82. The maximum absolute atomic E-state index is 11.6. The van der Waals surface area contributed by atoms with Crippen LogP contribution in [0.3, 0.4) is 0 Å². The second kappa shape index (κ2) is 5.69. The lowest BCUT2D eigenvalue weighted by molar-refractivity contribution is 0.0997. The van der Waals surface area contributed by atoms with Gasteiger partial charge in [-0.2, -0.15) is 0 Å². The lowest BCUT2D eigenvalue weighted by atomic mass is 10.1. The molecule has 21 heavy (non-hydrogen) atoms. The van der Waals surface area contributed by atoms with Crippen LogP contribution in [0.25, 0.3) is 10.9 Å². The molecule has 5 heteroatoms. The third-order valence-electron chi connectivity index (χ3n) is 3.00. The van der Waals surface area contributed by atoms with E-state index in [1.54, 1.807) is 6.07 Å². The van der Waals surface area contributed by atoms with E-state index in [2.05, 4.69) is 27.6 Å². The normalized spacial score (nSPS) is 10.5. The average Bonchev–Trinajstić information content (AvgIpc) is 2.48. The molecule has 3 rings (SSSR count). The minimum Gasteiger partial charge on any atom is -0.437 e. The van der Waals surface area contributed by atoms with E-state index >= 15 is 0 Å². The number of nitrogens with zero attached hydrogens (tertiary/aromatic N) is 1. The molecule has 104 valence electrons. The Morgan fingerprint density at radius 1 is 1.10 bits per heavy atom. The number of carbonyl (C=O) groups excluding carboxylic acids is 1. The summed E-state index contributed by atoms with van der Waals surface area (Å²) in [6.07, 6.45) is 0. The zero-order valence-corrected chi connectivity index (χ0v) is 13.1. The molecule has 0 bridgehead atoms. The minimum absolute atomic E-state index is 0.227. The number of ether oxygens (including phenoxy) is 1. The van der Waals surface area contributed by atoms with Crippen molar-refractivity contribution < 1.29 is 9.53 Å². The van der Waals surface area contributed by atoms with Crippen molar-refractivity contribution in [1.82, 2.24) is 4.98 Å². The first-order valence-corrected chi connectivity index (χ1v) is 7.35. The predicted octanol–water partition coefficient (Wildman–Crippen LogP) is 3.73. The van der Waals surface area contributed by atoms with Crippen LogP contribution < -0.4 is 10.5 Å². The first-order valence-electron chi connectivity index (χ1n) is 6.27. The van der Waals surface area contributed by atoms with Gasteiger partial charge in [0.05, 0.1) is 9.09 Å². The predicted molar refractivity (Wildman–Crippen MR) is 89.5 cm³/mol. The Labute approximate surface area is 135 Å². The van der Waals surface area contributed by atoms with Crippen molar-refractivity contribution in [2.45, 2.75) is 0 Å². The van der Waals surface area contributed by atoms with Crippen LogP contribution in [0.1, 0.15) is 10.4 Å². The number of fused-ring (bicyclic) bond motifs is 1. The molecule has 3 aromatic rings. The molecular weight excluding hydrogens is 379 g/mol. The van der Waals surface area contributed by atoms with Crippen LogP contribution in [0.15, 0.2) is 54.6 Å². The number of aromatic nitrogens is 1. The smallest absolute Gasteiger partial charge is 0.254 e. The summed E-state index contributed by atoms with van der Waals surface area (Å²) >= 11 is 2.17. The molecule has 0 aliphatic rings.